The summed E-state index contributed by atoms with van der Waals surface area (Å²) in [5.74, 6) is 0.248. The van der Waals surface area contributed by atoms with Crippen molar-refractivity contribution in [3.8, 4) is 23.0 Å². The Kier molecular flexibility index (Phi) is 4.69. The van der Waals surface area contributed by atoms with Crippen molar-refractivity contribution < 1.29 is 23.7 Å². The predicted molar refractivity (Wildman–Crippen MR) is 81.9 cm³/mol. The Labute approximate surface area is 132 Å². The first kappa shape index (κ1) is 16.1. The van der Waals surface area contributed by atoms with Crippen molar-refractivity contribution in [2.45, 2.75) is 0 Å². The summed E-state index contributed by atoms with van der Waals surface area (Å²) in [6.45, 7) is 0. The lowest BCUT2D eigenvalue weighted by molar-refractivity contribution is 0.0733. The number of nitrogens with zero attached hydrogens (tertiary/aromatic N) is 2. The van der Waals surface area contributed by atoms with Gasteiger partial charge >= 0.3 is 5.97 Å². The third-order valence-electron chi connectivity index (χ3n) is 2.90. The number of carbonyl (C=O) groups excluding carboxylic acids is 1. The van der Waals surface area contributed by atoms with Gasteiger partial charge in [-0.2, -0.15) is 4.98 Å². The molecule has 0 saturated carbocycles. The molecule has 0 aliphatic heterocycles. The lowest BCUT2D eigenvalue weighted by Crippen LogP contribution is -2.12. The second kappa shape index (κ2) is 6.69. The fourth-order valence-corrected chi connectivity index (χ4v) is 1.83. The molecule has 0 unspecified atom stereocenters. The van der Waals surface area contributed by atoms with Crippen LogP contribution in [0.4, 0.5) is 11.8 Å². The lowest BCUT2D eigenvalue weighted by Gasteiger charge is -2.13. The molecule has 0 radical (unpaired) electrons. The van der Waals surface area contributed by atoms with Crippen LogP contribution in [0.2, 0.25) is 0 Å². The summed E-state index contributed by atoms with van der Waals surface area (Å²) in [5.41, 5.74) is 11.2. The number of methoxy groups -OCH3 is 3. The summed E-state index contributed by atoms with van der Waals surface area (Å²) in [6, 6.07) is 2.91. The van der Waals surface area contributed by atoms with Crippen LogP contribution in [0, 0.1) is 0 Å². The van der Waals surface area contributed by atoms with Crippen LogP contribution in [0.3, 0.4) is 0 Å². The number of hydrogen-bond acceptors (Lipinski definition) is 9. The minimum atomic E-state index is -0.690. The topological polar surface area (TPSA) is 132 Å². The molecule has 0 aliphatic rings. The van der Waals surface area contributed by atoms with Crippen molar-refractivity contribution in [2.24, 2.45) is 0 Å². The van der Waals surface area contributed by atoms with Crippen molar-refractivity contribution in [1.82, 2.24) is 9.97 Å². The summed E-state index contributed by atoms with van der Waals surface area (Å²) >= 11 is 0. The molecule has 1 aromatic heterocycles. The SMILES string of the molecule is COc1cc(C(=O)Oc2cnc(N)nc2N)cc(OC)c1OC. The van der Waals surface area contributed by atoms with Gasteiger partial charge in [-0.05, 0) is 12.1 Å². The Bertz CT molecular complexity index is 710. The fourth-order valence-electron chi connectivity index (χ4n) is 1.83. The molecule has 0 atom stereocenters. The molecule has 0 amide bonds. The lowest BCUT2D eigenvalue weighted by atomic mass is 10.2. The van der Waals surface area contributed by atoms with Crippen LogP contribution in [0.15, 0.2) is 18.3 Å². The van der Waals surface area contributed by atoms with Crippen molar-refractivity contribution in [1.29, 1.82) is 0 Å². The number of hydrogen-bond donors (Lipinski definition) is 2. The first-order valence-electron chi connectivity index (χ1n) is 6.40. The summed E-state index contributed by atoms with van der Waals surface area (Å²) in [5, 5.41) is 0. The van der Waals surface area contributed by atoms with E-state index in [0.29, 0.717) is 17.2 Å². The maximum atomic E-state index is 12.3. The first-order valence-corrected chi connectivity index (χ1v) is 6.40. The van der Waals surface area contributed by atoms with Crippen molar-refractivity contribution in [3.63, 3.8) is 0 Å². The van der Waals surface area contributed by atoms with Gasteiger partial charge in [0, 0.05) is 0 Å². The molecule has 0 spiro atoms. The van der Waals surface area contributed by atoms with E-state index in [4.69, 9.17) is 30.4 Å². The van der Waals surface area contributed by atoms with Gasteiger partial charge in [-0.1, -0.05) is 0 Å². The van der Waals surface area contributed by atoms with E-state index in [-0.39, 0.29) is 23.1 Å². The van der Waals surface area contributed by atoms with E-state index in [9.17, 15) is 4.79 Å². The normalized spacial score (nSPS) is 10.0. The molecule has 0 saturated heterocycles. The molecule has 1 aromatic carbocycles. The summed E-state index contributed by atoms with van der Waals surface area (Å²) < 4.78 is 20.7. The average Bonchev–Trinajstić information content (AvgIpc) is 2.55. The van der Waals surface area contributed by atoms with Crippen LogP contribution < -0.4 is 30.4 Å². The standard InChI is InChI=1S/C14H16N4O5/c1-20-8-4-7(5-9(21-2)11(8)22-3)13(19)23-10-6-17-14(16)18-12(10)15/h4-6H,1-3H3,(H4,15,16,17,18). The molecule has 1 heterocycles. The fraction of sp³-hybridized carbons (Fsp3) is 0.214. The monoisotopic (exact) mass is 320 g/mol. The van der Waals surface area contributed by atoms with Crippen LogP contribution in [0.25, 0.3) is 0 Å². The first-order chi connectivity index (χ1) is 11.0. The molecule has 122 valence electrons. The highest BCUT2D eigenvalue weighted by atomic mass is 16.5. The van der Waals surface area contributed by atoms with Gasteiger partial charge in [0.25, 0.3) is 0 Å². The van der Waals surface area contributed by atoms with Gasteiger partial charge in [-0.3, -0.25) is 0 Å². The van der Waals surface area contributed by atoms with Crippen LogP contribution in [-0.4, -0.2) is 37.3 Å². The zero-order chi connectivity index (χ0) is 17.0. The second-order valence-corrected chi connectivity index (χ2v) is 4.28. The molecule has 0 aliphatic carbocycles. The van der Waals surface area contributed by atoms with E-state index >= 15 is 0 Å². The van der Waals surface area contributed by atoms with E-state index in [0.717, 1.165) is 0 Å². The van der Waals surface area contributed by atoms with Gasteiger partial charge in [-0.15, -0.1) is 0 Å². The van der Waals surface area contributed by atoms with E-state index in [1.165, 1.54) is 39.7 Å². The molecule has 0 fully saturated rings. The number of carbonyl (C=O) groups is 1. The Morgan fingerprint density at radius 3 is 2.09 bits per heavy atom. The minimum absolute atomic E-state index is 0.00190. The number of anilines is 2. The number of nitrogen functional groups attached to an aromatic ring is 2. The van der Waals surface area contributed by atoms with Gasteiger partial charge in [-0.25, -0.2) is 9.78 Å². The molecule has 9 nitrogen and oxygen atoms in total. The molecular formula is C14H16N4O5. The van der Waals surface area contributed by atoms with Crippen molar-refractivity contribution in [2.75, 3.05) is 32.8 Å². The van der Waals surface area contributed by atoms with Crippen molar-refractivity contribution in [3.05, 3.63) is 23.9 Å². The van der Waals surface area contributed by atoms with Crippen LogP contribution in [-0.2, 0) is 0 Å². The highest BCUT2D eigenvalue weighted by Gasteiger charge is 2.19. The average molecular weight is 320 g/mol. The highest BCUT2D eigenvalue weighted by Crippen LogP contribution is 2.38. The Balaban J connectivity index is 2.35. The number of esters is 1. The minimum Gasteiger partial charge on any atom is -0.493 e. The number of aromatic nitrogens is 2. The summed E-state index contributed by atoms with van der Waals surface area (Å²) in [6.07, 6.45) is 1.22. The van der Waals surface area contributed by atoms with Crippen LogP contribution in [0.1, 0.15) is 10.4 Å². The van der Waals surface area contributed by atoms with E-state index in [2.05, 4.69) is 9.97 Å². The van der Waals surface area contributed by atoms with Gasteiger partial charge in [0.1, 0.15) is 0 Å². The largest absolute Gasteiger partial charge is 0.493 e. The number of benzene rings is 1. The Hall–Kier alpha value is -3.23. The quantitative estimate of drug-likeness (QED) is 0.770. The third-order valence-corrected chi connectivity index (χ3v) is 2.90. The Morgan fingerprint density at radius 1 is 1.00 bits per heavy atom. The van der Waals surface area contributed by atoms with Gasteiger partial charge in [0.15, 0.2) is 23.1 Å². The van der Waals surface area contributed by atoms with Gasteiger partial charge < -0.3 is 30.4 Å². The third kappa shape index (κ3) is 3.34. The van der Waals surface area contributed by atoms with Gasteiger partial charge in [0.05, 0.1) is 33.1 Å². The maximum Gasteiger partial charge on any atom is 0.343 e. The maximum absolute atomic E-state index is 12.3. The number of rotatable bonds is 5. The predicted octanol–water partition coefficient (Wildman–Crippen LogP) is 0.886. The molecule has 0 bridgehead atoms. The van der Waals surface area contributed by atoms with Crippen LogP contribution in [0.5, 0.6) is 23.0 Å². The molecular weight excluding hydrogens is 304 g/mol. The van der Waals surface area contributed by atoms with E-state index in [1.54, 1.807) is 0 Å². The summed E-state index contributed by atoms with van der Waals surface area (Å²) in [7, 11) is 4.35. The zero-order valence-electron chi connectivity index (χ0n) is 12.8. The molecule has 4 N–H and O–H groups in total. The van der Waals surface area contributed by atoms with E-state index < -0.39 is 5.97 Å². The molecule has 2 aromatic rings. The number of nitrogens with two attached hydrogens (primary N) is 2. The van der Waals surface area contributed by atoms with Gasteiger partial charge in [0.2, 0.25) is 11.7 Å². The Morgan fingerprint density at radius 2 is 1.61 bits per heavy atom. The second-order valence-electron chi connectivity index (χ2n) is 4.28. The van der Waals surface area contributed by atoms with Crippen molar-refractivity contribution >= 4 is 17.7 Å². The highest BCUT2D eigenvalue weighted by molar-refractivity contribution is 5.93. The van der Waals surface area contributed by atoms with E-state index in [1.807, 2.05) is 0 Å². The zero-order valence-corrected chi connectivity index (χ0v) is 12.8. The number of ether oxygens (including phenoxy) is 4. The molecule has 2 rings (SSSR count). The molecule has 9 heteroatoms. The summed E-state index contributed by atoms with van der Waals surface area (Å²) in [4.78, 5) is 19.7. The van der Waals surface area contributed by atoms with Crippen LogP contribution >= 0.6 is 0 Å². The smallest absolute Gasteiger partial charge is 0.343 e. The molecule has 23 heavy (non-hydrogen) atoms.